The summed E-state index contributed by atoms with van der Waals surface area (Å²) in [6.07, 6.45) is 1.40. The Hall–Kier alpha value is -2.03. The molecule has 0 aliphatic carbocycles. The summed E-state index contributed by atoms with van der Waals surface area (Å²) in [5, 5.41) is 1.71. The van der Waals surface area contributed by atoms with Crippen molar-refractivity contribution in [2.75, 3.05) is 7.05 Å². The summed E-state index contributed by atoms with van der Waals surface area (Å²) >= 11 is 1.16. The summed E-state index contributed by atoms with van der Waals surface area (Å²) in [5.74, 6) is -0.0239. The van der Waals surface area contributed by atoms with E-state index in [1.807, 2.05) is 0 Å². The van der Waals surface area contributed by atoms with Crippen LogP contribution in [-0.2, 0) is 16.6 Å². The molecule has 0 unspecified atom stereocenters. The number of sulfonamides is 1. The van der Waals surface area contributed by atoms with Crippen molar-refractivity contribution in [3.05, 3.63) is 59.6 Å². The number of rotatable bonds is 5. The molecular formula is C15H13FN2O3S2. The predicted molar refractivity (Wildman–Crippen MR) is 84.9 cm³/mol. The molecular weight excluding hydrogens is 339 g/mol. The SMILES string of the molecule is CN(Cc1coc(-c2ccc(F)cc2)n1)S(=O)(=O)c1cccs1. The molecule has 3 aromatic rings. The van der Waals surface area contributed by atoms with Gasteiger partial charge in [-0.1, -0.05) is 6.07 Å². The van der Waals surface area contributed by atoms with Crippen molar-refractivity contribution < 1.29 is 17.2 Å². The summed E-state index contributed by atoms with van der Waals surface area (Å²) in [7, 11) is -2.05. The summed E-state index contributed by atoms with van der Waals surface area (Å²) in [6.45, 7) is 0.0882. The molecule has 0 N–H and O–H groups in total. The molecule has 0 spiro atoms. The predicted octanol–water partition coefficient (Wildman–Crippen LogP) is 3.36. The Balaban J connectivity index is 1.78. The molecule has 0 aliphatic heterocycles. The number of hydrogen-bond acceptors (Lipinski definition) is 5. The molecule has 1 aromatic carbocycles. The molecule has 2 heterocycles. The average Bonchev–Trinajstić information content (AvgIpc) is 3.19. The lowest BCUT2D eigenvalue weighted by molar-refractivity contribution is 0.462. The average molecular weight is 352 g/mol. The maximum Gasteiger partial charge on any atom is 0.252 e. The largest absolute Gasteiger partial charge is 0.444 e. The van der Waals surface area contributed by atoms with Crippen molar-refractivity contribution in [3.63, 3.8) is 0 Å². The second-order valence-electron chi connectivity index (χ2n) is 4.84. The number of benzene rings is 1. The highest BCUT2D eigenvalue weighted by atomic mass is 32.2. The fourth-order valence-corrected chi connectivity index (χ4v) is 4.32. The van der Waals surface area contributed by atoms with Gasteiger partial charge in [0.1, 0.15) is 16.3 Å². The smallest absolute Gasteiger partial charge is 0.252 e. The fraction of sp³-hybridized carbons (Fsp3) is 0.133. The van der Waals surface area contributed by atoms with E-state index >= 15 is 0 Å². The number of hydrogen-bond donors (Lipinski definition) is 0. The van der Waals surface area contributed by atoms with Gasteiger partial charge in [0.05, 0.1) is 12.2 Å². The molecule has 0 radical (unpaired) electrons. The number of oxazole rings is 1. The second-order valence-corrected chi connectivity index (χ2v) is 8.06. The van der Waals surface area contributed by atoms with Gasteiger partial charge in [0.15, 0.2) is 0 Å². The van der Waals surface area contributed by atoms with Crippen LogP contribution < -0.4 is 0 Å². The number of aromatic nitrogens is 1. The Labute approximate surface area is 137 Å². The lowest BCUT2D eigenvalue weighted by Crippen LogP contribution is -2.25. The maximum atomic E-state index is 12.9. The molecule has 8 heteroatoms. The molecule has 0 fully saturated rings. The van der Waals surface area contributed by atoms with Crippen molar-refractivity contribution in [2.45, 2.75) is 10.8 Å². The van der Waals surface area contributed by atoms with Crippen LogP contribution in [0.15, 0.2) is 56.7 Å². The van der Waals surface area contributed by atoms with E-state index in [0.717, 1.165) is 11.3 Å². The highest BCUT2D eigenvalue weighted by Gasteiger charge is 2.23. The maximum absolute atomic E-state index is 12.9. The van der Waals surface area contributed by atoms with Crippen LogP contribution in [0.2, 0.25) is 0 Å². The molecule has 23 heavy (non-hydrogen) atoms. The first-order chi connectivity index (χ1) is 11.0. The first kappa shape index (κ1) is 15.9. The fourth-order valence-electron chi connectivity index (χ4n) is 1.98. The molecule has 3 rings (SSSR count). The van der Waals surface area contributed by atoms with E-state index in [-0.39, 0.29) is 16.6 Å². The zero-order valence-corrected chi connectivity index (χ0v) is 13.8. The number of halogens is 1. The van der Waals surface area contributed by atoms with Gasteiger partial charge in [0, 0.05) is 12.6 Å². The summed E-state index contributed by atoms with van der Waals surface area (Å²) in [5.41, 5.74) is 1.10. The van der Waals surface area contributed by atoms with Crippen molar-refractivity contribution in [2.24, 2.45) is 0 Å². The van der Waals surface area contributed by atoms with Gasteiger partial charge in [-0.3, -0.25) is 0 Å². The van der Waals surface area contributed by atoms with Crippen molar-refractivity contribution >= 4 is 21.4 Å². The topological polar surface area (TPSA) is 63.4 Å². The van der Waals surface area contributed by atoms with E-state index in [1.54, 1.807) is 29.6 Å². The zero-order chi connectivity index (χ0) is 16.4. The first-order valence-electron chi connectivity index (χ1n) is 6.67. The molecule has 0 saturated heterocycles. The van der Waals surface area contributed by atoms with Crippen LogP contribution in [0.5, 0.6) is 0 Å². The van der Waals surface area contributed by atoms with Crippen LogP contribution in [0.3, 0.4) is 0 Å². The van der Waals surface area contributed by atoms with Gasteiger partial charge in [0.2, 0.25) is 5.89 Å². The lowest BCUT2D eigenvalue weighted by atomic mass is 10.2. The minimum absolute atomic E-state index is 0.0882. The second kappa shape index (κ2) is 6.23. The molecule has 120 valence electrons. The standard InChI is InChI=1S/C15H13FN2O3S2/c1-18(23(19,20)14-3-2-8-22-14)9-13-10-21-15(17-13)11-4-6-12(16)7-5-11/h2-8,10H,9H2,1H3. The summed E-state index contributed by atoms with van der Waals surface area (Å²) in [4.78, 5) is 4.25. The molecule has 0 bridgehead atoms. The summed E-state index contributed by atoms with van der Waals surface area (Å²) < 4.78 is 44.5. The van der Waals surface area contributed by atoms with Crippen LogP contribution in [0.25, 0.3) is 11.5 Å². The molecule has 2 aromatic heterocycles. The highest BCUT2D eigenvalue weighted by Crippen LogP contribution is 2.23. The van der Waals surface area contributed by atoms with E-state index in [2.05, 4.69) is 4.98 Å². The zero-order valence-electron chi connectivity index (χ0n) is 12.1. The third-order valence-corrected chi connectivity index (χ3v) is 6.36. The highest BCUT2D eigenvalue weighted by molar-refractivity contribution is 7.91. The van der Waals surface area contributed by atoms with E-state index in [4.69, 9.17) is 4.42 Å². The Morgan fingerprint density at radius 1 is 1.26 bits per heavy atom. The Morgan fingerprint density at radius 3 is 2.65 bits per heavy atom. The van der Waals surface area contributed by atoms with Crippen LogP contribution in [0.4, 0.5) is 4.39 Å². The van der Waals surface area contributed by atoms with Gasteiger partial charge < -0.3 is 4.42 Å². The molecule has 0 saturated carbocycles. The quantitative estimate of drug-likeness (QED) is 0.706. The Kier molecular flexibility index (Phi) is 4.29. The third kappa shape index (κ3) is 3.34. The van der Waals surface area contributed by atoms with Gasteiger partial charge in [-0.15, -0.1) is 11.3 Å². The molecule has 0 atom stereocenters. The first-order valence-corrected chi connectivity index (χ1v) is 8.99. The van der Waals surface area contributed by atoms with Crippen LogP contribution in [-0.4, -0.2) is 24.8 Å². The van der Waals surface area contributed by atoms with E-state index in [1.165, 1.54) is 29.7 Å². The Morgan fingerprint density at radius 2 is 2.00 bits per heavy atom. The minimum atomic E-state index is -3.53. The van der Waals surface area contributed by atoms with Crippen LogP contribution in [0.1, 0.15) is 5.69 Å². The number of nitrogens with zero attached hydrogens (tertiary/aromatic N) is 2. The molecule has 0 amide bonds. The minimum Gasteiger partial charge on any atom is -0.444 e. The Bertz CT molecular complexity index is 887. The van der Waals surface area contributed by atoms with Gasteiger partial charge in [0.25, 0.3) is 10.0 Å². The monoisotopic (exact) mass is 352 g/mol. The number of thiophene rings is 1. The summed E-state index contributed by atoms with van der Waals surface area (Å²) in [6, 6.07) is 8.98. The van der Waals surface area contributed by atoms with Crippen molar-refractivity contribution in [3.8, 4) is 11.5 Å². The van der Waals surface area contributed by atoms with E-state index in [0.29, 0.717) is 17.1 Å². The van der Waals surface area contributed by atoms with Crippen molar-refractivity contribution in [1.82, 2.24) is 9.29 Å². The normalized spacial score (nSPS) is 12.0. The third-order valence-electron chi connectivity index (χ3n) is 3.19. The van der Waals surface area contributed by atoms with Crippen LogP contribution in [0, 0.1) is 5.82 Å². The van der Waals surface area contributed by atoms with Gasteiger partial charge in [-0.05, 0) is 35.7 Å². The van der Waals surface area contributed by atoms with Crippen LogP contribution >= 0.6 is 11.3 Å². The van der Waals surface area contributed by atoms with Gasteiger partial charge >= 0.3 is 0 Å². The van der Waals surface area contributed by atoms with Gasteiger partial charge in [-0.2, -0.15) is 4.31 Å². The lowest BCUT2D eigenvalue weighted by Gasteiger charge is -2.14. The molecule has 0 aliphatic rings. The van der Waals surface area contributed by atoms with E-state index < -0.39 is 10.0 Å². The molecule has 5 nitrogen and oxygen atoms in total. The van der Waals surface area contributed by atoms with Gasteiger partial charge in [-0.25, -0.2) is 17.8 Å². The van der Waals surface area contributed by atoms with E-state index in [9.17, 15) is 12.8 Å². The van der Waals surface area contributed by atoms with Crippen molar-refractivity contribution in [1.29, 1.82) is 0 Å².